The molecule has 53 heavy (non-hydrogen) atoms. The van der Waals surface area contributed by atoms with Crippen LogP contribution in [0.15, 0.2) is 36.5 Å². The lowest BCUT2D eigenvalue weighted by molar-refractivity contribution is -0.359. The molecule has 2 saturated heterocycles. The molecule has 0 saturated carbocycles. The van der Waals surface area contributed by atoms with E-state index >= 15 is 0 Å². The summed E-state index contributed by atoms with van der Waals surface area (Å²) in [6, 6.07) is -0.838. The molecule has 0 aromatic rings. The van der Waals surface area contributed by atoms with Crippen LogP contribution in [-0.4, -0.2) is 140 Å². The fraction of sp³-hybridized carbons (Fsp3) is 0.821. The van der Waals surface area contributed by atoms with Crippen LogP contribution in [0.4, 0.5) is 0 Å². The minimum Gasteiger partial charge on any atom is -0.394 e. The highest BCUT2D eigenvalue weighted by molar-refractivity contribution is 5.76. The second kappa shape index (κ2) is 27.7. The molecule has 0 radical (unpaired) electrons. The topological polar surface area (TPSA) is 228 Å². The average molecular weight is 760 g/mol. The summed E-state index contributed by atoms with van der Waals surface area (Å²) < 4.78 is 22.5. The molecule has 14 nitrogen and oxygen atoms in total. The monoisotopic (exact) mass is 759 g/mol. The van der Waals surface area contributed by atoms with E-state index in [9.17, 15) is 45.6 Å². The summed E-state index contributed by atoms with van der Waals surface area (Å²) in [4.78, 5) is 13.0. The number of ether oxygens (including phenoxy) is 4. The van der Waals surface area contributed by atoms with Gasteiger partial charge in [0.15, 0.2) is 12.6 Å². The average Bonchev–Trinajstić information content (AvgIpc) is 3.15. The minimum absolute atomic E-state index is 0.246. The summed E-state index contributed by atoms with van der Waals surface area (Å²) in [5.74, 6) is -0.246. The molecule has 2 fully saturated rings. The molecule has 2 heterocycles. The standard InChI is InChI=1S/C39H69NO13/c1-3-5-7-9-11-12-13-14-15-16-17-19-21-23-31(44)40-27(28(43)22-20-18-10-8-6-4-2)26-50-38-36(49)34(47)37(30(25-42)52-38)53-39-35(48)33(46)32(45)29(24-41)51-39/h5,7,11-12,14-15,27-30,32-39,41-43,45-49H,3-4,6,8-10,13,16-26H2,1-2H3,(H,40,44)/b7-5-,12-11-,15-14-. The normalized spacial score (nSPS) is 30.8. The Kier molecular flexibility index (Phi) is 24.8. The number of hydrogen-bond acceptors (Lipinski definition) is 13. The van der Waals surface area contributed by atoms with Gasteiger partial charge in [0.1, 0.15) is 48.8 Å². The van der Waals surface area contributed by atoms with Gasteiger partial charge in [-0.2, -0.15) is 0 Å². The number of allylic oxidation sites excluding steroid dienone is 6. The Morgan fingerprint density at radius 2 is 1.30 bits per heavy atom. The van der Waals surface area contributed by atoms with Crippen molar-refractivity contribution in [1.82, 2.24) is 5.32 Å². The number of carbonyl (C=O) groups excluding carboxylic acids is 1. The van der Waals surface area contributed by atoms with Gasteiger partial charge in [-0.25, -0.2) is 0 Å². The molecule has 14 heteroatoms. The second-order valence-electron chi connectivity index (χ2n) is 14.0. The highest BCUT2D eigenvalue weighted by Crippen LogP contribution is 2.30. The Balaban J connectivity index is 1.92. The van der Waals surface area contributed by atoms with Crippen LogP contribution in [0.25, 0.3) is 0 Å². The molecule has 9 N–H and O–H groups in total. The Hall–Kier alpha value is -1.79. The molecule has 2 aliphatic rings. The predicted molar refractivity (Wildman–Crippen MR) is 198 cm³/mol. The SMILES string of the molecule is CC/C=C\C/C=C\C/C=C\CCCCCC(=O)NC(COC1OC(CO)C(OC2OC(CO)C(O)C(O)C2O)C(O)C1O)C(O)CCCCCCCC. The summed E-state index contributed by atoms with van der Waals surface area (Å²) in [5, 5.41) is 85.9. The lowest BCUT2D eigenvalue weighted by Gasteiger charge is -2.46. The van der Waals surface area contributed by atoms with Crippen molar-refractivity contribution in [3.05, 3.63) is 36.5 Å². The number of hydrogen-bond donors (Lipinski definition) is 9. The summed E-state index contributed by atoms with van der Waals surface area (Å²) in [6.45, 7) is 2.58. The molecule has 1 amide bonds. The van der Waals surface area contributed by atoms with Crippen LogP contribution in [0.1, 0.15) is 110 Å². The van der Waals surface area contributed by atoms with Crippen molar-refractivity contribution >= 4 is 5.91 Å². The molecule has 0 bridgehead atoms. The molecular weight excluding hydrogens is 690 g/mol. The van der Waals surface area contributed by atoms with Gasteiger partial charge in [0, 0.05) is 6.42 Å². The van der Waals surface area contributed by atoms with Crippen molar-refractivity contribution in [3.8, 4) is 0 Å². The molecular formula is C39H69NO13. The number of amides is 1. The van der Waals surface area contributed by atoms with Crippen molar-refractivity contribution in [2.45, 2.75) is 184 Å². The van der Waals surface area contributed by atoms with E-state index in [2.05, 4.69) is 55.6 Å². The second-order valence-corrected chi connectivity index (χ2v) is 14.0. The number of carbonyl (C=O) groups is 1. The maximum atomic E-state index is 13.0. The van der Waals surface area contributed by atoms with Gasteiger partial charge in [0.25, 0.3) is 0 Å². The Bertz CT molecular complexity index is 1040. The number of aliphatic hydroxyl groups is 8. The van der Waals surface area contributed by atoms with E-state index in [4.69, 9.17) is 18.9 Å². The molecule has 0 aromatic carbocycles. The molecule has 12 unspecified atom stereocenters. The van der Waals surface area contributed by atoms with Gasteiger partial charge in [0.05, 0.1) is 32.0 Å². The summed E-state index contributed by atoms with van der Waals surface area (Å²) >= 11 is 0. The van der Waals surface area contributed by atoms with Crippen LogP contribution >= 0.6 is 0 Å². The summed E-state index contributed by atoms with van der Waals surface area (Å²) in [5.41, 5.74) is 0. The fourth-order valence-electron chi connectivity index (χ4n) is 6.31. The zero-order valence-electron chi connectivity index (χ0n) is 31.7. The highest BCUT2D eigenvalue weighted by atomic mass is 16.7. The first-order chi connectivity index (χ1) is 25.6. The van der Waals surface area contributed by atoms with Crippen LogP contribution < -0.4 is 5.32 Å². The lowest BCUT2D eigenvalue weighted by atomic mass is 9.97. The first-order valence-electron chi connectivity index (χ1n) is 19.7. The van der Waals surface area contributed by atoms with Crippen molar-refractivity contribution < 1.29 is 64.6 Å². The van der Waals surface area contributed by atoms with Gasteiger partial charge in [-0.1, -0.05) is 95.2 Å². The molecule has 308 valence electrons. The van der Waals surface area contributed by atoms with Crippen LogP contribution in [-0.2, 0) is 23.7 Å². The quantitative estimate of drug-likeness (QED) is 0.0432. The van der Waals surface area contributed by atoms with Crippen molar-refractivity contribution in [2.75, 3.05) is 19.8 Å². The number of unbranched alkanes of at least 4 members (excludes halogenated alkanes) is 8. The Labute approximate surface area is 315 Å². The zero-order valence-corrected chi connectivity index (χ0v) is 31.7. The van der Waals surface area contributed by atoms with E-state index < -0.39 is 86.8 Å². The van der Waals surface area contributed by atoms with Gasteiger partial charge in [-0.3, -0.25) is 4.79 Å². The van der Waals surface area contributed by atoms with Crippen molar-refractivity contribution in [2.24, 2.45) is 0 Å². The Morgan fingerprint density at radius 3 is 1.98 bits per heavy atom. The van der Waals surface area contributed by atoms with Crippen molar-refractivity contribution in [1.29, 1.82) is 0 Å². The number of aliphatic hydroxyl groups excluding tert-OH is 8. The molecule has 2 rings (SSSR count). The van der Waals surface area contributed by atoms with Gasteiger partial charge in [-0.15, -0.1) is 0 Å². The molecule has 2 aliphatic heterocycles. The van der Waals surface area contributed by atoms with Gasteiger partial charge < -0.3 is 65.1 Å². The molecule has 0 aromatic heterocycles. The molecule has 0 aliphatic carbocycles. The predicted octanol–water partition coefficient (Wildman–Crippen LogP) is 2.03. The number of nitrogens with one attached hydrogen (secondary N) is 1. The molecule has 0 spiro atoms. The smallest absolute Gasteiger partial charge is 0.220 e. The highest BCUT2D eigenvalue weighted by Gasteiger charge is 2.50. The lowest BCUT2D eigenvalue weighted by Crippen LogP contribution is -2.65. The first kappa shape index (κ1) is 47.4. The third-order valence-corrected chi connectivity index (χ3v) is 9.62. The van der Waals surface area contributed by atoms with E-state index in [1.54, 1.807) is 0 Å². The van der Waals surface area contributed by atoms with E-state index in [0.717, 1.165) is 77.0 Å². The van der Waals surface area contributed by atoms with Crippen LogP contribution in [0.5, 0.6) is 0 Å². The van der Waals surface area contributed by atoms with Crippen molar-refractivity contribution in [3.63, 3.8) is 0 Å². The third-order valence-electron chi connectivity index (χ3n) is 9.62. The zero-order chi connectivity index (χ0) is 39.0. The minimum atomic E-state index is -1.78. The summed E-state index contributed by atoms with van der Waals surface area (Å²) in [7, 11) is 0. The third kappa shape index (κ3) is 17.3. The maximum absolute atomic E-state index is 13.0. The Morgan fingerprint density at radius 1 is 0.698 bits per heavy atom. The van der Waals surface area contributed by atoms with E-state index in [0.29, 0.717) is 12.8 Å². The van der Waals surface area contributed by atoms with E-state index in [1.165, 1.54) is 0 Å². The maximum Gasteiger partial charge on any atom is 0.220 e. The largest absolute Gasteiger partial charge is 0.394 e. The molecule has 12 atom stereocenters. The summed E-state index contributed by atoms with van der Waals surface area (Å²) in [6.07, 6.45) is 9.27. The fourth-order valence-corrected chi connectivity index (χ4v) is 6.31. The van der Waals surface area contributed by atoms with Crippen LogP contribution in [0.3, 0.4) is 0 Å². The van der Waals surface area contributed by atoms with Gasteiger partial charge in [0.2, 0.25) is 5.91 Å². The van der Waals surface area contributed by atoms with E-state index in [1.807, 2.05) is 0 Å². The number of rotatable bonds is 27. The first-order valence-corrected chi connectivity index (χ1v) is 19.7. The van der Waals surface area contributed by atoms with Crippen LogP contribution in [0, 0.1) is 0 Å². The van der Waals surface area contributed by atoms with Gasteiger partial charge >= 0.3 is 0 Å². The van der Waals surface area contributed by atoms with Gasteiger partial charge in [-0.05, 0) is 44.9 Å². The van der Waals surface area contributed by atoms with E-state index in [-0.39, 0.29) is 18.9 Å². The van der Waals surface area contributed by atoms with Crippen LogP contribution in [0.2, 0.25) is 0 Å².